The quantitative estimate of drug-likeness (QED) is 0.333. The zero-order valence-corrected chi connectivity index (χ0v) is 17.5. The van der Waals surface area contributed by atoms with Crippen LogP contribution >= 0.6 is 7.52 Å². The molecular formula is C18H28N3O7P. The number of hydrogen-bond acceptors (Lipinski definition) is 5. The Morgan fingerprint density at radius 1 is 1.14 bits per heavy atom. The fourth-order valence-corrected chi connectivity index (χ4v) is 3.50. The number of carbonyl (C=O) groups is 3. The molecule has 0 spiro atoms. The molecule has 0 aromatic heterocycles. The number of nitrogens with one attached hydrogen (secondary N) is 3. The Hall–Kier alpha value is -2.42. The van der Waals surface area contributed by atoms with Gasteiger partial charge in [-0.3, -0.25) is 9.36 Å². The monoisotopic (exact) mass is 429 g/mol. The van der Waals surface area contributed by atoms with E-state index < -0.39 is 43.9 Å². The van der Waals surface area contributed by atoms with Gasteiger partial charge in [0.2, 0.25) is 5.91 Å². The Labute approximate surface area is 169 Å². The third-order valence-corrected chi connectivity index (χ3v) is 5.14. The largest absolute Gasteiger partial charge is 0.480 e. The highest BCUT2D eigenvalue weighted by molar-refractivity contribution is 7.55. The summed E-state index contributed by atoms with van der Waals surface area (Å²) in [5.74, 6) is -1.89. The molecule has 3 atom stereocenters. The standard InChI is InChI=1S/C18H28N3O7P/c1-12(2)9-15(17(23)24)20-16(22)13(3)21-29(26,27)11-19-18(25)28-10-14-7-5-4-6-8-14/h4-8,12-13,15H,9-11H2,1-3H3,(H,19,25)(H,20,22)(H,23,24)(H2,21,26,27)/t13-,15-/m0/s1. The van der Waals surface area contributed by atoms with E-state index in [1.807, 2.05) is 19.9 Å². The number of ether oxygens (including phenoxy) is 1. The molecule has 0 heterocycles. The zero-order chi connectivity index (χ0) is 22.0. The van der Waals surface area contributed by atoms with Gasteiger partial charge >= 0.3 is 12.1 Å². The molecule has 162 valence electrons. The smallest absolute Gasteiger partial charge is 0.407 e. The van der Waals surface area contributed by atoms with Gasteiger partial charge in [0.05, 0.1) is 6.04 Å². The van der Waals surface area contributed by atoms with E-state index in [1.54, 1.807) is 24.3 Å². The van der Waals surface area contributed by atoms with E-state index in [4.69, 9.17) is 9.84 Å². The maximum Gasteiger partial charge on any atom is 0.407 e. The fraction of sp³-hybridized carbons (Fsp3) is 0.500. The van der Waals surface area contributed by atoms with Gasteiger partial charge in [-0.2, -0.15) is 0 Å². The van der Waals surface area contributed by atoms with E-state index in [0.29, 0.717) is 0 Å². The van der Waals surface area contributed by atoms with Crippen molar-refractivity contribution in [1.82, 2.24) is 15.7 Å². The number of hydrogen-bond donors (Lipinski definition) is 5. The highest BCUT2D eigenvalue weighted by Gasteiger charge is 2.28. The van der Waals surface area contributed by atoms with Crippen molar-refractivity contribution < 1.29 is 33.7 Å². The second kappa shape index (κ2) is 11.5. The van der Waals surface area contributed by atoms with Crippen LogP contribution in [0.2, 0.25) is 0 Å². The molecule has 2 amide bonds. The van der Waals surface area contributed by atoms with E-state index in [-0.39, 0.29) is 18.9 Å². The van der Waals surface area contributed by atoms with Gasteiger partial charge in [0.1, 0.15) is 18.9 Å². The summed E-state index contributed by atoms with van der Waals surface area (Å²) in [5.41, 5.74) is 0.757. The number of rotatable bonds is 11. The third-order valence-electron chi connectivity index (χ3n) is 3.76. The number of carboxylic acids is 1. The van der Waals surface area contributed by atoms with E-state index in [1.165, 1.54) is 6.92 Å². The predicted octanol–water partition coefficient (Wildman–Crippen LogP) is 1.65. The van der Waals surface area contributed by atoms with Crippen molar-refractivity contribution in [3.63, 3.8) is 0 Å². The van der Waals surface area contributed by atoms with Crippen LogP contribution in [-0.2, 0) is 25.5 Å². The molecule has 1 aromatic carbocycles. The van der Waals surface area contributed by atoms with Crippen LogP contribution in [0.5, 0.6) is 0 Å². The van der Waals surface area contributed by atoms with E-state index in [0.717, 1.165) is 5.56 Å². The van der Waals surface area contributed by atoms with Crippen molar-refractivity contribution in [3.8, 4) is 0 Å². The lowest BCUT2D eigenvalue weighted by Gasteiger charge is -2.22. The average molecular weight is 429 g/mol. The number of amides is 2. The maximum absolute atomic E-state index is 12.2. The first-order valence-corrected chi connectivity index (χ1v) is 10.9. The van der Waals surface area contributed by atoms with E-state index >= 15 is 0 Å². The summed E-state index contributed by atoms with van der Waals surface area (Å²) in [5, 5.41) is 15.9. The zero-order valence-electron chi connectivity index (χ0n) is 16.6. The molecule has 0 aliphatic carbocycles. The first kappa shape index (κ1) is 24.6. The minimum Gasteiger partial charge on any atom is -0.480 e. The molecule has 0 saturated carbocycles. The van der Waals surface area contributed by atoms with E-state index in [2.05, 4.69) is 15.7 Å². The molecule has 10 nitrogen and oxygen atoms in total. The number of benzene rings is 1. The molecule has 1 unspecified atom stereocenters. The molecule has 0 fully saturated rings. The van der Waals surface area contributed by atoms with Crippen LogP contribution < -0.4 is 15.7 Å². The molecule has 0 aliphatic heterocycles. The Morgan fingerprint density at radius 2 is 1.76 bits per heavy atom. The topological polar surface area (TPSA) is 154 Å². The van der Waals surface area contributed by atoms with Crippen LogP contribution in [0, 0.1) is 5.92 Å². The summed E-state index contributed by atoms with van der Waals surface area (Å²) in [6.07, 6.45) is -1.32. The molecule has 11 heteroatoms. The SMILES string of the molecule is CC(C)C[C@H](NC(=O)[C@H](C)NP(=O)(O)CNC(=O)OCc1ccccc1)C(=O)O. The molecule has 1 rings (SSSR count). The maximum atomic E-state index is 12.2. The molecule has 29 heavy (non-hydrogen) atoms. The van der Waals surface area contributed by atoms with Crippen molar-refractivity contribution in [2.45, 2.75) is 45.9 Å². The van der Waals surface area contributed by atoms with Gasteiger partial charge in [-0.25, -0.2) is 14.7 Å². The summed E-state index contributed by atoms with van der Waals surface area (Å²) in [6, 6.07) is 6.65. The number of aliphatic carboxylic acids is 1. The molecule has 0 radical (unpaired) electrons. The van der Waals surface area contributed by atoms with Crippen molar-refractivity contribution in [3.05, 3.63) is 35.9 Å². The Kier molecular flexibility index (Phi) is 9.80. The summed E-state index contributed by atoms with van der Waals surface area (Å²) < 4.78 is 17.1. The lowest BCUT2D eigenvalue weighted by molar-refractivity contribution is -0.142. The summed E-state index contributed by atoms with van der Waals surface area (Å²) in [7, 11) is -4.12. The lowest BCUT2D eigenvalue weighted by Crippen LogP contribution is -2.49. The Bertz CT molecular complexity index is 742. The van der Waals surface area contributed by atoms with Crippen molar-refractivity contribution in [1.29, 1.82) is 0 Å². The molecule has 5 N–H and O–H groups in total. The predicted molar refractivity (Wildman–Crippen MR) is 106 cm³/mol. The van der Waals surface area contributed by atoms with Crippen molar-refractivity contribution >= 4 is 25.5 Å². The molecule has 0 bridgehead atoms. The highest BCUT2D eigenvalue weighted by atomic mass is 31.2. The van der Waals surface area contributed by atoms with Crippen LogP contribution in [0.25, 0.3) is 0 Å². The summed E-state index contributed by atoms with van der Waals surface area (Å²) in [6.45, 7) is 4.95. The molecular weight excluding hydrogens is 401 g/mol. The van der Waals surface area contributed by atoms with Gasteiger partial charge in [0, 0.05) is 0 Å². The number of carboxylic acid groups (broad SMARTS) is 1. The van der Waals surface area contributed by atoms with Gasteiger partial charge in [-0.15, -0.1) is 0 Å². The van der Waals surface area contributed by atoms with E-state index in [9.17, 15) is 23.8 Å². The van der Waals surface area contributed by atoms with Crippen LogP contribution in [-0.4, -0.2) is 46.3 Å². The normalized spacial score (nSPS) is 15.1. The molecule has 0 aliphatic rings. The first-order chi connectivity index (χ1) is 13.5. The Morgan fingerprint density at radius 3 is 2.31 bits per heavy atom. The van der Waals surface area contributed by atoms with Gasteiger partial charge in [-0.1, -0.05) is 44.2 Å². The van der Waals surface area contributed by atoms with Gasteiger partial charge in [0.25, 0.3) is 7.52 Å². The third kappa shape index (κ3) is 10.1. The number of carbonyl (C=O) groups excluding carboxylic acids is 2. The van der Waals surface area contributed by atoms with Gasteiger partial charge in [-0.05, 0) is 24.8 Å². The highest BCUT2D eigenvalue weighted by Crippen LogP contribution is 2.34. The van der Waals surface area contributed by atoms with Crippen molar-refractivity contribution in [2.24, 2.45) is 5.92 Å². The van der Waals surface area contributed by atoms with Crippen LogP contribution in [0.15, 0.2) is 30.3 Å². The van der Waals surface area contributed by atoms with Gasteiger partial charge in [0.15, 0.2) is 0 Å². The molecule has 0 saturated heterocycles. The fourth-order valence-electron chi connectivity index (χ4n) is 2.34. The van der Waals surface area contributed by atoms with Crippen LogP contribution in [0.1, 0.15) is 32.8 Å². The summed E-state index contributed by atoms with van der Waals surface area (Å²) >= 11 is 0. The lowest BCUT2D eigenvalue weighted by atomic mass is 10.0. The van der Waals surface area contributed by atoms with Crippen LogP contribution in [0.3, 0.4) is 0 Å². The minimum atomic E-state index is -4.12. The summed E-state index contributed by atoms with van der Waals surface area (Å²) in [4.78, 5) is 45.0. The number of alkyl carbamates (subject to hydrolysis) is 1. The first-order valence-electron chi connectivity index (χ1n) is 9.07. The Balaban J connectivity index is 2.46. The van der Waals surface area contributed by atoms with Gasteiger partial charge < -0.3 is 25.4 Å². The average Bonchev–Trinajstić information content (AvgIpc) is 2.64. The second-order valence-corrected chi connectivity index (χ2v) is 8.96. The minimum absolute atomic E-state index is 0.00106. The van der Waals surface area contributed by atoms with Crippen LogP contribution in [0.4, 0.5) is 4.79 Å². The van der Waals surface area contributed by atoms with Crippen molar-refractivity contribution in [2.75, 3.05) is 6.29 Å². The second-order valence-electron chi connectivity index (χ2n) is 6.98. The molecule has 1 aromatic rings.